The zero-order chi connectivity index (χ0) is 13.2. The van der Waals surface area contributed by atoms with Gasteiger partial charge < -0.3 is 15.0 Å². The highest BCUT2D eigenvalue weighted by Crippen LogP contribution is 2.39. The average Bonchev–Trinajstić information content (AvgIpc) is 3.31. The lowest BCUT2D eigenvalue weighted by molar-refractivity contribution is 0.0818. The third kappa shape index (κ3) is 2.81. The first-order valence-corrected chi connectivity index (χ1v) is 7.14. The smallest absolute Gasteiger partial charge is 0.136 e. The topological polar surface area (TPSA) is 50.3 Å². The number of hydrogen-bond acceptors (Lipinski definition) is 5. The molecule has 5 nitrogen and oxygen atoms in total. The maximum atomic E-state index is 5.42. The minimum absolute atomic E-state index is 0.407. The molecule has 1 aromatic heterocycles. The van der Waals surface area contributed by atoms with E-state index < -0.39 is 0 Å². The van der Waals surface area contributed by atoms with E-state index in [9.17, 15) is 0 Å². The van der Waals surface area contributed by atoms with Gasteiger partial charge in [0.25, 0.3) is 0 Å². The van der Waals surface area contributed by atoms with Crippen LogP contribution >= 0.6 is 0 Å². The average molecular weight is 262 g/mol. The lowest BCUT2D eigenvalue weighted by Gasteiger charge is -2.32. The van der Waals surface area contributed by atoms with Crippen molar-refractivity contribution in [2.24, 2.45) is 0 Å². The Labute approximate surface area is 114 Å². The Morgan fingerprint density at radius 1 is 1.21 bits per heavy atom. The van der Waals surface area contributed by atoms with E-state index in [1.807, 2.05) is 7.05 Å². The van der Waals surface area contributed by atoms with E-state index in [0.29, 0.717) is 12.0 Å². The van der Waals surface area contributed by atoms with E-state index in [1.165, 1.54) is 12.8 Å². The van der Waals surface area contributed by atoms with Crippen molar-refractivity contribution in [2.75, 3.05) is 37.5 Å². The second-order valence-electron chi connectivity index (χ2n) is 5.42. The van der Waals surface area contributed by atoms with E-state index in [4.69, 9.17) is 9.72 Å². The first-order chi connectivity index (χ1) is 9.30. The third-order valence-corrected chi connectivity index (χ3v) is 4.03. The molecule has 1 N–H and O–H groups in total. The summed E-state index contributed by atoms with van der Waals surface area (Å²) in [6.45, 7) is 2.03. The Kier molecular flexibility index (Phi) is 3.55. The van der Waals surface area contributed by atoms with Crippen LogP contribution < -0.4 is 10.2 Å². The molecule has 1 saturated heterocycles. The highest BCUT2D eigenvalue weighted by atomic mass is 16.5. The Bertz CT molecular complexity index is 439. The van der Waals surface area contributed by atoms with Crippen LogP contribution in [0.5, 0.6) is 0 Å². The predicted octanol–water partition coefficient (Wildman–Crippen LogP) is 2.01. The Morgan fingerprint density at radius 3 is 2.53 bits per heavy atom. The number of hydrogen-bond donors (Lipinski definition) is 1. The van der Waals surface area contributed by atoms with Gasteiger partial charge in [0, 0.05) is 39.2 Å². The molecule has 19 heavy (non-hydrogen) atoms. The molecule has 0 bridgehead atoms. The lowest BCUT2D eigenvalue weighted by atomic mass is 10.1. The van der Waals surface area contributed by atoms with Gasteiger partial charge in [-0.3, -0.25) is 0 Å². The largest absolute Gasteiger partial charge is 0.381 e. The van der Waals surface area contributed by atoms with Crippen LogP contribution in [0.2, 0.25) is 0 Å². The van der Waals surface area contributed by atoms with Crippen molar-refractivity contribution < 1.29 is 4.74 Å². The van der Waals surface area contributed by atoms with Crippen molar-refractivity contribution in [3.8, 4) is 0 Å². The number of aromatic nitrogens is 2. The summed E-state index contributed by atoms with van der Waals surface area (Å²) in [4.78, 5) is 11.7. The molecule has 1 aliphatic carbocycles. The van der Waals surface area contributed by atoms with Gasteiger partial charge in [0.15, 0.2) is 0 Å². The molecule has 0 atom stereocenters. The number of methoxy groups -OCH3 is 1. The van der Waals surface area contributed by atoms with Crippen LogP contribution in [0.15, 0.2) is 6.07 Å². The van der Waals surface area contributed by atoms with Crippen LogP contribution in [0.3, 0.4) is 0 Å². The van der Waals surface area contributed by atoms with Crippen LogP contribution in [0.4, 0.5) is 11.6 Å². The molecular formula is C14H22N4O. The van der Waals surface area contributed by atoms with Gasteiger partial charge >= 0.3 is 0 Å². The molecule has 0 aromatic carbocycles. The molecular weight excluding hydrogens is 240 g/mol. The normalized spacial score (nSPS) is 20.6. The second-order valence-corrected chi connectivity index (χ2v) is 5.42. The molecule has 0 radical (unpaired) electrons. The van der Waals surface area contributed by atoms with Gasteiger partial charge in [-0.15, -0.1) is 0 Å². The van der Waals surface area contributed by atoms with Crippen molar-refractivity contribution in [2.45, 2.75) is 37.7 Å². The quantitative estimate of drug-likeness (QED) is 0.899. The zero-order valence-corrected chi connectivity index (χ0v) is 11.7. The van der Waals surface area contributed by atoms with Gasteiger partial charge in [0.05, 0.1) is 6.10 Å². The molecule has 3 rings (SSSR count). The van der Waals surface area contributed by atoms with Gasteiger partial charge in [-0.25, -0.2) is 9.97 Å². The molecule has 1 aromatic rings. The monoisotopic (exact) mass is 262 g/mol. The second kappa shape index (κ2) is 5.33. The standard InChI is InChI=1S/C14H22N4O/c1-15-12-9-13(17-14(16-12)10-3-4-10)18-7-5-11(19-2)6-8-18/h9-11H,3-8H2,1-2H3,(H,15,16,17). The molecule has 104 valence electrons. The van der Waals surface area contributed by atoms with E-state index in [1.54, 1.807) is 7.11 Å². The minimum atomic E-state index is 0.407. The summed E-state index contributed by atoms with van der Waals surface area (Å²) in [6, 6.07) is 2.05. The number of nitrogens with zero attached hydrogens (tertiary/aromatic N) is 3. The fourth-order valence-corrected chi connectivity index (χ4v) is 2.59. The van der Waals surface area contributed by atoms with Gasteiger partial charge in [-0.05, 0) is 25.7 Å². The summed E-state index contributed by atoms with van der Waals surface area (Å²) in [5.74, 6) is 3.59. The molecule has 2 aliphatic rings. The number of nitrogens with one attached hydrogen (secondary N) is 1. The molecule has 5 heteroatoms. The lowest BCUT2D eigenvalue weighted by Crippen LogP contribution is -2.37. The molecule has 1 aliphatic heterocycles. The van der Waals surface area contributed by atoms with Gasteiger partial charge in [0.1, 0.15) is 17.5 Å². The summed E-state index contributed by atoms with van der Waals surface area (Å²) in [5.41, 5.74) is 0. The maximum absolute atomic E-state index is 5.42. The predicted molar refractivity (Wildman–Crippen MR) is 75.8 cm³/mol. The van der Waals surface area contributed by atoms with Crippen molar-refractivity contribution in [1.29, 1.82) is 0 Å². The first-order valence-electron chi connectivity index (χ1n) is 7.14. The fourth-order valence-electron chi connectivity index (χ4n) is 2.59. The summed E-state index contributed by atoms with van der Waals surface area (Å²) in [5, 5.41) is 3.15. The van der Waals surface area contributed by atoms with E-state index in [0.717, 1.165) is 43.4 Å². The molecule has 2 fully saturated rings. The van der Waals surface area contributed by atoms with Crippen molar-refractivity contribution in [3.63, 3.8) is 0 Å². The van der Waals surface area contributed by atoms with Crippen molar-refractivity contribution in [1.82, 2.24) is 9.97 Å². The number of rotatable bonds is 4. The number of piperidine rings is 1. The third-order valence-electron chi connectivity index (χ3n) is 4.03. The van der Waals surface area contributed by atoms with Crippen LogP contribution in [-0.2, 0) is 4.74 Å². The number of ether oxygens (including phenoxy) is 1. The van der Waals surface area contributed by atoms with Crippen LogP contribution in [0.25, 0.3) is 0 Å². The SMILES string of the molecule is CNc1cc(N2CCC(OC)CC2)nc(C2CC2)n1. The fraction of sp³-hybridized carbons (Fsp3) is 0.714. The Hall–Kier alpha value is -1.36. The van der Waals surface area contributed by atoms with Gasteiger partial charge in [0.2, 0.25) is 0 Å². The van der Waals surface area contributed by atoms with Crippen molar-refractivity contribution >= 4 is 11.6 Å². The zero-order valence-electron chi connectivity index (χ0n) is 11.7. The van der Waals surface area contributed by atoms with E-state index >= 15 is 0 Å². The highest BCUT2D eigenvalue weighted by Gasteiger charge is 2.28. The molecule has 0 amide bonds. The van der Waals surface area contributed by atoms with Crippen LogP contribution in [0.1, 0.15) is 37.4 Å². The van der Waals surface area contributed by atoms with E-state index in [-0.39, 0.29) is 0 Å². The summed E-state index contributed by atoms with van der Waals surface area (Å²) in [6.07, 6.45) is 5.03. The van der Waals surface area contributed by atoms with E-state index in [2.05, 4.69) is 21.3 Å². The van der Waals surface area contributed by atoms with Gasteiger partial charge in [-0.2, -0.15) is 0 Å². The van der Waals surface area contributed by atoms with Crippen LogP contribution in [-0.4, -0.2) is 43.3 Å². The maximum Gasteiger partial charge on any atom is 0.136 e. The molecule has 0 spiro atoms. The molecule has 1 saturated carbocycles. The Balaban J connectivity index is 1.77. The highest BCUT2D eigenvalue weighted by molar-refractivity contribution is 5.50. The van der Waals surface area contributed by atoms with Crippen molar-refractivity contribution in [3.05, 3.63) is 11.9 Å². The summed E-state index contributed by atoms with van der Waals surface area (Å²) < 4.78 is 5.42. The summed E-state index contributed by atoms with van der Waals surface area (Å²) in [7, 11) is 3.72. The van der Waals surface area contributed by atoms with Crippen LogP contribution in [0, 0.1) is 0 Å². The molecule has 2 heterocycles. The Morgan fingerprint density at radius 2 is 1.95 bits per heavy atom. The minimum Gasteiger partial charge on any atom is -0.381 e. The number of anilines is 2. The first kappa shape index (κ1) is 12.7. The molecule has 0 unspecified atom stereocenters. The summed E-state index contributed by atoms with van der Waals surface area (Å²) >= 11 is 0. The van der Waals surface area contributed by atoms with Gasteiger partial charge in [-0.1, -0.05) is 0 Å².